The van der Waals surface area contributed by atoms with E-state index in [9.17, 15) is 9.59 Å². The van der Waals surface area contributed by atoms with Crippen molar-refractivity contribution < 1.29 is 4.79 Å². The molecule has 0 radical (unpaired) electrons. The van der Waals surface area contributed by atoms with E-state index in [1.165, 1.54) is 28.4 Å². The van der Waals surface area contributed by atoms with Gasteiger partial charge in [0.05, 0.1) is 21.5 Å². The number of hydrogen-bond acceptors (Lipinski definition) is 6. The summed E-state index contributed by atoms with van der Waals surface area (Å²) in [5, 5.41) is 7.68. The molecule has 1 amide bonds. The summed E-state index contributed by atoms with van der Waals surface area (Å²) in [4.78, 5) is 33.4. The zero-order valence-corrected chi connectivity index (χ0v) is 15.9. The van der Waals surface area contributed by atoms with Crippen molar-refractivity contribution in [3.05, 3.63) is 76.0 Å². The summed E-state index contributed by atoms with van der Waals surface area (Å²) in [7, 11) is 0. The van der Waals surface area contributed by atoms with Crippen molar-refractivity contribution in [1.82, 2.24) is 25.2 Å². The first-order chi connectivity index (χ1) is 13.5. The SMILES string of the molecule is C/C(=N\NC(=O)c1ccncc1)c1c(C)[nH]n(-c2nc3ccccc3s2)c1=O. The van der Waals surface area contributed by atoms with E-state index in [0.717, 1.165) is 10.2 Å². The molecule has 8 nitrogen and oxygen atoms in total. The van der Waals surface area contributed by atoms with Crippen LogP contribution in [-0.4, -0.2) is 31.4 Å². The first-order valence-electron chi connectivity index (χ1n) is 8.47. The van der Waals surface area contributed by atoms with Crippen LogP contribution in [0, 0.1) is 6.92 Å². The second-order valence-corrected chi connectivity index (χ2v) is 7.10. The average Bonchev–Trinajstić information content (AvgIpc) is 3.27. The van der Waals surface area contributed by atoms with Gasteiger partial charge in [-0.1, -0.05) is 23.5 Å². The Hall–Kier alpha value is -3.59. The van der Waals surface area contributed by atoms with Crippen LogP contribution in [0.1, 0.15) is 28.5 Å². The first-order valence-corrected chi connectivity index (χ1v) is 9.29. The van der Waals surface area contributed by atoms with Crippen LogP contribution < -0.4 is 11.0 Å². The molecule has 4 aromatic rings. The Labute approximate surface area is 163 Å². The standard InChI is InChI=1S/C19H16N6O2S/c1-11(22-23-17(26)13-7-9-20-10-8-13)16-12(2)24-25(18(16)27)19-21-14-5-3-4-6-15(14)28-19/h3-10,24H,1-2H3,(H,23,26)/b22-11+. The number of thiazole rings is 1. The molecule has 2 N–H and O–H groups in total. The molecule has 0 bridgehead atoms. The largest absolute Gasteiger partial charge is 0.293 e. The van der Waals surface area contributed by atoms with Gasteiger partial charge in [-0.2, -0.15) is 9.78 Å². The number of benzene rings is 1. The van der Waals surface area contributed by atoms with E-state index in [2.05, 4.69) is 25.6 Å². The third-order valence-electron chi connectivity index (χ3n) is 4.17. The van der Waals surface area contributed by atoms with E-state index < -0.39 is 0 Å². The van der Waals surface area contributed by atoms with Gasteiger partial charge in [0, 0.05) is 23.7 Å². The summed E-state index contributed by atoms with van der Waals surface area (Å²) in [6, 6.07) is 10.9. The number of amides is 1. The van der Waals surface area contributed by atoms with Crippen LogP contribution in [-0.2, 0) is 0 Å². The number of carbonyl (C=O) groups is 1. The fourth-order valence-corrected chi connectivity index (χ4v) is 3.75. The summed E-state index contributed by atoms with van der Waals surface area (Å²) in [6.45, 7) is 3.46. The van der Waals surface area contributed by atoms with Gasteiger partial charge in [-0.3, -0.25) is 19.7 Å². The van der Waals surface area contributed by atoms with E-state index in [0.29, 0.717) is 27.7 Å². The Balaban J connectivity index is 1.65. The fraction of sp³-hybridized carbons (Fsp3) is 0.105. The Morgan fingerprint density at radius 1 is 1.21 bits per heavy atom. The predicted molar refractivity (Wildman–Crippen MR) is 108 cm³/mol. The van der Waals surface area contributed by atoms with Gasteiger partial charge in [0.25, 0.3) is 11.5 Å². The van der Waals surface area contributed by atoms with Gasteiger partial charge < -0.3 is 0 Å². The van der Waals surface area contributed by atoms with Crippen LogP contribution in [0.2, 0.25) is 0 Å². The summed E-state index contributed by atoms with van der Waals surface area (Å²) in [5.41, 5.74) is 4.91. The van der Waals surface area contributed by atoms with E-state index in [1.807, 2.05) is 24.3 Å². The van der Waals surface area contributed by atoms with Crippen molar-refractivity contribution in [1.29, 1.82) is 0 Å². The molecule has 3 heterocycles. The van der Waals surface area contributed by atoms with Crippen molar-refractivity contribution in [2.75, 3.05) is 0 Å². The molecule has 140 valence electrons. The number of carbonyl (C=O) groups excluding carboxylic acids is 1. The molecule has 9 heteroatoms. The summed E-state index contributed by atoms with van der Waals surface area (Å²) in [5.74, 6) is -0.374. The third-order valence-corrected chi connectivity index (χ3v) is 5.20. The molecule has 0 saturated carbocycles. The maximum absolute atomic E-state index is 12.9. The van der Waals surface area contributed by atoms with Crippen LogP contribution in [0.25, 0.3) is 15.3 Å². The molecule has 0 saturated heterocycles. The predicted octanol–water partition coefficient (Wildman–Crippen LogP) is 2.63. The van der Waals surface area contributed by atoms with Crippen LogP contribution in [0.3, 0.4) is 0 Å². The summed E-state index contributed by atoms with van der Waals surface area (Å²) >= 11 is 1.42. The van der Waals surface area contributed by atoms with E-state index >= 15 is 0 Å². The first kappa shape index (κ1) is 17.8. The lowest BCUT2D eigenvalue weighted by molar-refractivity contribution is 0.0954. The fourth-order valence-electron chi connectivity index (χ4n) is 2.82. The van der Waals surface area contributed by atoms with E-state index in [4.69, 9.17) is 0 Å². The van der Waals surface area contributed by atoms with E-state index in [-0.39, 0.29) is 11.5 Å². The monoisotopic (exact) mass is 392 g/mol. The lowest BCUT2D eigenvalue weighted by Crippen LogP contribution is -2.23. The number of aromatic nitrogens is 4. The molecule has 0 aliphatic heterocycles. The van der Waals surface area contributed by atoms with Crippen LogP contribution >= 0.6 is 11.3 Å². The number of nitrogens with zero attached hydrogens (tertiary/aromatic N) is 4. The number of aryl methyl sites for hydroxylation is 1. The maximum atomic E-state index is 12.9. The zero-order chi connectivity index (χ0) is 19.7. The van der Waals surface area contributed by atoms with Crippen LogP contribution in [0.5, 0.6) is 0 Å². The minimum atomic E-state index is -0.374. The highest BCUT2D eigenvalue weighted by Crippen LogP contribution is 2.23. The number of pyridine rings is 1. The Bertz CT molecular complexity index is 1220. The van der Waals surface area contributed by atoms with Gasteiger partial charge in [-0.05, 0) is 38.1 Å². The zero-order valence-electron chi connectivity index (χ0n) is 15.1. The molecule has 0 aliphatic carbocycles. The number of nitrogens with one attached hydrogen (secondary N) is 2. The van der Waals surface area contributed by atoms with E-state index in [1.54, 1.807) is 26.0 Å². The number of aromatic amines is 1. The van der Waals surface area contributed by atoms with Crippen molar-refractivity contribution >= 4 is 33.2 Å². The number of rotatable bonds is 4. The van der Waals surface area contributed by atoms with Gasteiger partial charge in [0.15, 0.2) is 0 Å². The Morgan fingerprint density at radius 2 is 1.96 bits per heavy atom. The van der Waals surface area contributed by atoms with Crippen LogP contribution in [0.4, 0.5) is 0 Å². The quantitative estimate of drug-likeness (QED) is 0.411. The molecule has 0 aliphatic rings. The molecular weight excluding hydrogens is 376 g/mol. The lowest BCUT2D eigenvalue weighted by Gasteiger charge is -2.01. The minimum absolute atomic E-state index is 0.268. The van der Waals surface area contributed by atoms with Crippen LogP contribution in [0.15, 0.2) is 58.7 Å². The van der Waals surface area contributed by atoms with Crippen molar-refractivity contribution in [3.8, 4) is 5.13 Å². The van der Waals surface area contributed by atoms with Gasteiger partial charge in [-0.15, -0.1) is 0 Å². The van der Waals surface area contributed by atoms with Gasteiger partial charge in [0.2, 0.25) is 5.13 Å². The molecule has 3 aromatic heterocycles. The molecule has 0 spiro atoms. The second-order valence-electron chi connectivity index (χ2n) is 6.09. The molecular formula is C19H16N6O2S. The summed E-state index contributed by atoms with van der Waals surface area (Å²) in [6.07, 6.45) is 3.05. The molecule has 1 aromatic carbocycles. The normalized spacial score (nSPS) is 11.7. The number of hydrazone groups is 1. The highest BCUT2D eigenvalue weighted by molar-refractivity contribution is 7.20. The maximum Gasteiger partial charge on any atom is 0.282 e. The van der Waals surface area contributed by atoms with Gasteiger partial charge in [0.1, 0.15) is 0 Å². The summed E-state index contributed by atoms with van der Waals surface area (Å²) < 4.78 is 2.40. The highest BCUT2D eigenvalue weighted by Gasteiger charge is 2.17. The van der Waals surface area contributed by atoms with Crippen molar-refractivity contribution in [3.63, 3.8) is 0 Å². The lowest BCUT2D eigenvalue weighted by atomic mass is 10.2. The third kappa shape index (κ3) is 3.23. The topological polar surface area (TPSA) is 105 Å². The minimum Gasteiger partial charge on any atom is -0.293 e. The Kier molecular flexibility index (Phi) is 4.58. The molecule has 0 unspecified atom stereocenters. The number of para-hydroxylation sites is 1. The van der Waals surface area contributed by atoms with Gasteiger partial charge >= 0.3 is 0 Å². The van der Waals surface area contributed by atoms with Crippen molar-refractivity contribution in [2.45, 2.75) is 13.8 Å². The molecule has 28 heavy (non-hydrogen) atoms. The van der Waals surface area contributed by atoms with Gasteiger partial charge in [-0.25, -0.2) is 10.4 Å². The molecule has 0 atom stereocenters. The van der Waals surface area contributed by atoms with Crippen molar-refractivity contribution in [2.24, 2.45) is 5.10 Å². The highest BCUT2D eigenvalue weighted by atomic mass is 32.1. The molecule has 4 rings (SSSR count). The second kappa shape index (κ2) is 7.20. The number of H-pyrrole nitrogens is 1. The Morgan fingerprint density at radius 3 is 2.71 bits per heavy atom. The molecule has 0 fully saturated rings. The smallest absolute Gasteiger partial charge is 0.282 e. The number of hydrogen-bond donors (Lipinski definition) is 2. The number of fused-ring (bicyclic) bond motifs is 1. The average molecular weight is 392 g/mol.